The number of aryl methyl sites for hydroxylation is 3. The molecule has 0 atom stereocenters. The zero-order valence-corrected chi connectivity index (χ0v) is 20.8. The third-order valence-corrected chi connectivity index (χ3v) is 6.82. The summed E-state index contributed by atoms with van der Waals surface area (Å²) >= 11 is 1.36. The van der Waals surface area contributed by atoms with Crippen LogP contribution in [-0.4, -0.2) is 36.8 Å². The molecular weight excluding hydrogens is 446 g/mol. The molecule has 0 saturated heterocycles. The Kier molecular flexibility index (Phi) is 7.17. The molecule has 4 rings (SSSR count). The van der Waals surface area contributed by atoms with Crippen LogP contribution in [0, 0.1) is 13.8 Å². The Morgan fingerprint density at radius 3 is 2.59 bits per heavy atom. The van der Waals surface area contributed by atoms with E-state index in [1.165, 1.54) is 11.8 Å². The van der Waals surface area contributed by atoms with E-state index < -0.39 is 0 Å². The minimum absolute atomic E-state index is 0.0493. The van der Waals surface area contributed by atoms with E-state index in [2.05, 4.69) is 27.0 Å². The van der Waals surface area contributed by atoms with Crippen molar-refractivity contribution in [2.75, 3.05) is 11.1 Å². The van der Waals surface area contributed by atoms with Gasteiger partial charge < -0.3 is 14.5 Å². The lowest BCUT2D eigenvalue weighted by atomic mass is 10.1. The molecule has 7 nitrogen and oxygen atoms in total. The van der Waals surface area contributed by atoms with Crippen LogP contribution < -0.4 is 5.32 Å². The highest BCUT2D eigenvalue weighted by molar-refractivity contribution is 7.99. The summed E-state index contributed by atoms with van der Waals surface area (Å²) in [4.78, 5) is 25.7. The Morgan fingerprint density at radius 2 is 1.82 bits per heavy atom. The molecule has 2 aromatic heterocycles. The van der Waals surface area contributed by atoms with Gasteiger partial charge in [0.25, 0.3) is 0 Å². The maximum atomic E-state index is 13.1. The first-order chi connectivity index (χ1) is 16.4. The van der Waals surface area contributed by atoms with E-state index in [-0.39, 0.29) is 23.9 Å². The molecule has 0 fully saturated rings. The number of Topliss-reactive ketones (excluding diaryl/α,β-unsaturated/α-hetero) is 1. The topological polar surface area (TPSA) is 81.8 Å². The number of amides is 1. The second-order valence-corrected chi connectivity index (χ2v) is 9.19. The molecule has 0 aliphatic carbocycles. The number of aromatic nitrogens is 4. The molecule has 2 aromatic carbocycles. The number of hydrogen-bond donors (Lipinski definition) is 1. The van der Waals surface area contributed by atoms with Crippen molar-refractivity contribution in [3.63, 3.8) is 0 Å². The molecule has 0 spiro atoms. The minimum Gasteiger partial charge on any atom is -0.347 e. The van der Waals surface area contributed by atoms with Gasteiger partial charge in [0.05, 0.1) is 12.2 Å². The average molecular weight is 476 g/mol. The molecule has 0 bridgehead atoms. The fourth-order valence-electron chi connectivity index (χ4n) is 4.02. The first kappa shape index (κ1) is 23.8. The zero-order valence-electron chi connectivity index (χ0n) is 20.0. The van der Waals surface area contributed by atoms with Gasteiger partial charge >= 0.3 is 0 Å². The number of para-hydroxylation sites is 1. The first-order valence-electron chi connectivity index (χ1n) is 11.4. The lowest BCUT2D eigenvalue weighted by Crippen LogP contribution is -2.18. The number of hydrogen-bond acceptors (Lipinski definition) is 5. The highest BCUT2D eigenvalue weighted by Gasteiger charge is 2.19. The summed E-state index contributed by atoms with van der Waals surface area (Å²) in [6.07, 6.45) is 2.05. The number of carbonyl (C=O) groups excluding carboxylic acids is 2. The van der Waals surface area contributed by atoms with E-state index in [4.69, 9.17) is 0 Å². The molecular formula is C26H29N5O2S. The van der Waals surface area contributed by atoms with Gasteiger partial charge in [-0.2, -0.15) is 0 Å². The maximum Gasteiger partial charge on any atom is 0.232 e. The van der Waals surface area contributed by atoms with Crippen LogP contribution in [0.5, 0.6) is 0 Å². The van der Waals surface area contributed by atoms with Gasteiger partial charge in [-0.1, -0.05) is 42.1 Å². The van der Waals surface area contributed by atoms with Gasteiger partial charge in [0.2, 0.25) is 5.91 Å². The average Bonchev–Trinajstić information content (AvgIpc) is 3.40. The van der Waals surface area contributed by atoms with E-state index in [1.807, 2.05) is 74.0 Å². The highest BCUT2D eigenvalue weighted by atomic mass is 32.2. The Labute approximate surface area is 203 Å². The number of nitrogens with zero attached hydrogens (tertiary/aromatic N) is 4. The van der Waals surface area contributed by atoms with E-state index in [0.29, 0.717) is 17.5 Å². The van der Waals surface area contributed by atoms with Gasteiger partial charge in [0, 0.05) is 41.4 Å². The van der Waals surface area contributed by atoms with Crippen molar-refractivity contribution >= 4 is 40.0 Å². The van der Waals surface area contributed by atoms with Crippen LogP contribution in [0.1, 0.15) is 41.2 Å². The second kappa shape index (κ2) is 10.3. The van der Waals surface area contributed by atoms with E-state index in [1.54, 1.807) is 0 Å². The fourth-order valence-corrected chi connectivity index (χ4v) is 4.93. The SMILES string of the molecule is CCn1c(CC(=O)Nc2cc(C)ccc2C)nnc1SCC(=O)c1cn(CC)c2ccccc12. The number of rotatable bonds is 9. The quantitative estimate of drug-likeness (QED) is 0.271. The highest BCUT2D eigenvalue weighted by Crippen LogP contribution is 2.25. The van der Waals surface area contributed by atoms with E-state index in [9.17, 15) is 9.59 Å². The Bertz CT molecular complexity index is 1350. The summed E-state index contributed by atoms with van der Waals surface area (Å²) in [7, 11) is 0. The molecule has 2 heterocycles. The third-order valence-electron chi connectivity index (χ3n) is 5.86. The molecule has 4 aromatic rings. The predicted octanol–water partition coefficient (Wildman–Crippen LogP) is 5.05. The van der Waals surface area contributed by atoms with Gasteiger partial charge in [0.15, 0.2) is 10.9 Å². The number of benzene rings is 2. The van der Waals surface area contributed by atoms with Gasteiger partial charge in [-0.3, -0.25) is 9.59 Å². The standard InChI is InChI=1S/C26H29N5O2S/c1-5-30-15-20(19-9-7-8-10-22(19)30)23(32)16-34-26-29-28-24(31(26)6-2)14-25(33)27-21-13-17(3)11-12-18(21)4/h7-13,15H,5-6,14,16H2,1-4H3,(H,27,33). The lowest BCUT2D eigenvalue weighted by molar-refractivity contribution is -0.115. The first-order valence-corrected chi connectivity index (χ1v) is 12.4. The summed E-state index contributed by atoms with van der Waals surface area (Å²) in [5.74, 6) is 0.747. The largest absolute Gasteiger partial charge is 0.347 e. The van der Waals surface area contributed by atoms with Crippen molar-refractivity contribution in [1.82, 2.24) is 19.3 Å². The van der Waals surface area contributed by atoms with Crippen molar-refractivity contribution in [2.24, 2.45) is 0 Å². The summed E-state index contributed by atoms with van der Waals surface area (Å²) < 4.78 is 3.99. The molecule has 0 aliphatic rings. The Morgan fingerprint density at radius 1 is 1.03 bits per heavy atom. The predicted molar refractivity (Wildman–Crippen MR) is 137 cm³/mol. The van der Waals surface area contributed by atoms with Crippen LogP contribution in [0.3, 0.4) is 0 Å². The van der Waals surface area contributed by atoms with Crippen LogP contribution in [0.15, 0.2) is 53.8 Å². The number of fused-ring (bicyclic) bond motifs is 1. The number of thioether (sulfide) groups is 1. The van der Waals surface area contributed by atoms with Crippen LogP contribution in [0.2, 0.25) is 0 Å². The molecule has 0 saturated carbocycles. The maximum absolute atomic E-state index is 13.1. The van der Waals surface area contributed by atoms with Gasteiger partial charge in [-0.25, -0.2) is 0 Å². The summed E-state index contributed by atoms with van der Waals surface area (Å²) in [6, 6.07) is 13.9. The Balaban J connectivity index is 1.45. The monoisotopic (exact) mass is 475 g/mol. The molecule has 1 amide bonds. The molecule has 34 heavy (non-hydrogen) atoms. The number of carbonyl (C=O) groups is 2. The van der Waals surface area contributed by atoms with Crippen LogP contribution >= 0.6 is 11.8 Å². The number of anilines is 1. The van der Waals surface area contributed by atoms with Gasteiger partial charge in [-0.05, 0) is 51.0 Å². The van der Waals surface area contributed by atoms with Crippen LogP contribution in [-0.2, 0) is 24.3 Å². The summed E-state index contributed by atoms with van der Waals surface area (Å²) in [6.45, 7) is 9.43. The minimum atomic E-state index is -0.143. The van der Waals surface area contributed by atoms with E-state index in [0.717, 1.165) is 39.8 Å². The molecule has 176 valence electrons. The van der Waals surface area contributed by atoms with Gasteiger partial charge in [-0.15, -0.1) is 10.2 Å². The van der Waals surface area contributed by atoms with Crippen molar-refractivity contribution in [1.29, 1.82) is 0 Å². The van der Waals surface area contributed by atoms with Crippen LogP contribution in [0.25, 0.3) is 10.9 Å². The summed E-state index contributed by atoms with van der Waals surface area (Å²) in [5.41, 5.74) is 4.69. The van der Waals surface area contributed by atoms with Crippen LogP contribution in [0.4, 0.5) is 5.69 Å². The van der Waals surface area contributed by atoms with E-state index >= 15 is 0 Å². The molecule has 0 aliphatic heterocycles. The number of nitrogens with one attached hydrogen (secondary N) is 1. The Hall–Kier alpha value is -3.39. The normalized spacial score (nSPS) is 11.2. The van der Waals surface area contributed by atoms with Crippen molar-refractivity contribution in [3.8, 4) is 0 Å². The number of ketones is 1. The van der Waals surface area contributed by atoms with Gasteiger partial charge in [0.1, 0.15) is 5.82 Å². The zero-order chi connectivity index (χ0) is 24.2. The second-order valence-electron chi connectivity index (χ2n) is 8.24. The lowest BCUT2D eigenvalue weighted by Gasteiger charge is -2.10. The third kappa shape index (κ3) is 4.92. The smallest absolute Gasteiger partial charge is 0.232 e. The molecule has 0 unspecified atom stereocenters. The van der Waals surface area contributed by atoms with Crippen molar-refractivity contribution in [3.05, 3.63) is 71.2 Å². The fraction of sp³-hybridized carbons (Fsp3) is 0.308. The molecule has 1 N–H and O–H groups in total. The summed E-state index contributed by atoms with van der Waals surface area (Å²) in [5, 5.41) is 13.1. The van der Waals surface area contributed by atoms with Crippen molar-refractivity contribution < 1.29 is 9.59 Å². The molecule has 0 radical (unpaired) electrons. The molecule has 8 heteroatoms. The van der Waals surface area contributed by atoms with Crippen molar-refractivity contribution in [2.45, 2.75) is 52.4 Å².